The van der Waals surface area contributed by atoms with Gasteiger partial charge in [0.15, 0.2) is 0 Å². The molecule has 0 saturated heterocycles. The molecule has 0 aliphatic heterocycles. The molecule has 2 nitrogen and oxygen atoms in total. The van der Waals surface area contributed by atoms with E-state index in [0.29, 0.717) is 17.4 Å². The van der Waals surface area contributed by atoms with Gasteiger partial charge in [0.1, 0.15) is 5.82 Å². The van der Waals surface area contributed by atoms with Gasteiger partial charge in [-0.1, -0.05) is 11.8 Å². The van der Waals surface area contributed by atoms with Crippen molar-refractivity contribution in [3.63, 3.8) is 0 Å². The van der Waals surface area contributed by atoms with Gasteiger partial charge >= 0.3 is 0 Å². The van der Waals surface area contributed by atoms with Gasteiger partial charge in [-0.3, -0.25) is 4.79 Å². The van der Waals surface area contributed by atoms with Crippen LogP contribution in [0, 0.1) is 17.7 Å². The van der Waals surface area contributed by atoms with Gasteiger partial charge in [0.25, 0.3) is 0 Å². The summed E-state index contributed by atoms with van der Waals surface area (Å²) in [7, 11) is 0. The van der Waals surface area contributed by atoms with Gasteiger partial charge < -0.3 is 5.32 Å². The van der Waals surface area contributed by atoms with Crippen LogP contribution in [-0.4, -0.2) is 12.5 Å². The summed E-state index contributed by atoms with van der Waals surface area (Å²) in [6.45, 7) is 2.00. The van der Waals surface area contributed by atoms with Gasteiger partial charge in [0.05, 0.1) is 4.47 Å². The molecule has 0 heterocycles. The Bertz CT molecular complexity index is 448. The standard InChI is InChI=1S/C12H11BrFNO/c1-9(16)15-7-3-2-4-10-5-6-12(14)11(13)8-10/h5-6,8H,3,7H2,1H3,(H,15,16). The van der Waals surface area contributed by atoms with Crippen molar-refractivity contribution in [2.45, 2.75) is 13.3 Å². The van der Waals surface area contributed by atoms with Crippen LogP contribution in [0.15, 0.2) is 22.7 Å². The van der Waals surface area contributed by atoms with Crippen molar-refractivity contribution in [3.8, 4) is 11.8 Å². The van der Waals surface area contributed by atoms with E-state index in [0.717, 1.165) is 5.56 Å². The third kappa shape index (κ3) is 4.45. The fraction of sp³-hybridized carbons (Fsp3) is 0.250. The fourth-order valence-electron chi connectivity index (χ4n) is 1.04. The number of rotatable bonds is 2. The quantitative estimate of drug-likeness (QED) is 0.656. The molecule has 1 aromatic carbocycles. The molecule has 0 unspecified atom stereocenters. The van der Waals surface area contributed by atoms with E-state index in [9.17, 15) is 9.18 Å². The first kappa shape index (κ1) is 12.7. The molecule has 4 heteroatoms. The first-order valence-corrected chi connectivity index (χ1v) is 5.57. The highest BCUT2D eigenvalue weighted by molar-refractivity contribution is 9.10. The van der Waals surface area contributed by atoms with Crippen molar-refractivity contribution in [1.82, 2.24) is 5.32 Å². The monoisotopic (exact) mass is 283 g/mol. The average Bonchev–Trinajstić information content (AvgIpc) is 2.22. The molecule has 0 radical (unpaired) electrons. The van der Waals surface area contributed by atoms with E-state index in [-0.39, 0.29) is 11.7 Å². The molecule has 0 atom stereocenters. The van der Waals surface area contributed by atoms with Gasteiger partial charge in [-0.2, -0.15) is 0 Å². The average molecular weight is 284 g/mol. The summed E-state index contributed by atoms with van der Waals surface area (Å²) >= 11 is 3.09. The summed E-state index contributed by atoms with van der Waals surface area (Å²) in [5.74, 6) is 5.42. The van der Waals surface area contributed by atoms with E-state index < -0.39 is 0 Å². The molecule has 1 N–H and O–H groups in total. The van der Waals surface area contributed by atoms with Gasteiger partial charge in [-0.25, -0.2) is 4.39 Å². The Balaban J connectivity index is 2.50. The molecule has 0 aliphatic carbocycles. The van der Waals surface area contributed by atoms with Crippen LogP contribution < -0.4 is 5.32 Å². The maximum absolute atomic E-state index is 12.9. The van der Waals surface area contributed by atoms with E-state index in [4.69, 9.17) is 0 Å². The molecule has 1 aromatic rings. The minimum absolute atomic E-state index is 0.0636. The Morgan fingerprint density at radius 2 is 2.31 bits per heavy atom. The number of halogens is 2. The van der Waals surface area contributed by atoms with Gasteiger partial charge in [-0.15, -0.1) is 0 Å². The van der Waals surface area contributed by atoms with Crippen LogP contribution in [0.1, 0.15) is 18.9 Å². The summed E-state index contributed by atoms with van der Waals surface area (Å²) in [6.07, 6.45) is 0.578. The second-order valence-corrected chi connectivity index (χ2v) is 4.02. The van der Waals surface area contributed by atoms with Crippen LogP contribution in [0.5, 0.6) is 0 Å². The van der Waals surface area contributed by atoms with Crippen molar-refractivity contribution in [3.05, 3.63) is 34.1 Å². The van der Waals surface area contributed by atoms with Crippen LogP contribution in [-0.2, 0) is 4.79 Å². The van der Waals surface area contributed by atoms with Crippen LogP contribution in [0.2, 0.25) is 0 Å². The zero-order valence-corrected chi connectivity index (χ0v) is 10.4. The summed E-state index contributed by atoms with van der Waals surface area (Å²) < 4.78 is 13.3. The SMILES string of the molecule is CC(=O)NCCC#Cc1ccc(F)c(Br)c1. The number of hydrogen-bond donors (Lipinski definition) is 1. The number of carbonyl (C=O) groups excluding carboxylic acids is 1. The predicted octanol–water partition coefficient (Wildman–Crippen LogP) is 2.47. The predicted molar refractivity (Wildman–Crippen MR) is 64.3 cm³/mol. The summed E-state index contributed by atoms with van der Waals surface area (Å²) in [5, 5.41) is 2.64. The van der Waals surface area contributed by atoms with E-state index in [1.807, 2.05) is 0 Å². The number of nitrogens with one attached hydrogen (secondary N) is 1. The lowest BCUT2D eigenvalue weighted by atomic mass is 10.2. The minimum atomic E-state index is -0.302. The molecule has 0 aromatic heterocycles. The van der Waals surface area contributed by atoms with E-state index in [2.05, 4.69) is 33.1 Å². The third-order valence-electron chi connectivity index (χ3n) is 1.78. The first-order chi connectivity index (χ1) is 7.59. The molecule has 0 fully saturated rings. The summed E-state index contributed by atoms with van der Waals surface area (Å²) in [5.41, 5.74) is 0.746. The Kier molecular flexibility index (Phi) is 5.00. The van der Waals surface area contributed by atoms with Crippen molar-refractivity contribution < 1.29 is 9.18 Å². The highest BCUT2D eigenvalue weighted by atomic mass is 79.9. The lowest BCUT2D eigenvalue weighted by molar-refractivity contribution is -0.118. The number of hydrogen-bond acceptors (Lipinski definition) is 1. The summed E-state index contributed by atoms with van der Waals surface area (Å²) in [6, 6.07) is 4.61. The number of amides is 1. The van der Waals surface area contributed by atoms with Crippen molar-refractivity contribution >= 4 is 21.8 Å². The Hall–Kier alpha value is -1.34. The smallest absolute Gasteiger partial charge is 0.216 e. The lowest BCUT2D eigenvalue weighted by Crippen LogP contribution is -2.20. The Morgan fingerprint density at radius 3 is 2.94 bits per heavy atom. The fourth-order valence-corrected chi connectivity index (χ4v) is 1.42. The highest BCUT2D eigenvalue weighted by Gasteiger charge is 1.97. The third-order valence-corrected chi connectivity index (χ3v) is 2.38. The van der Waals surface area contributed by atoms with Gasteiger partial charge in [-0.05, 0) is 34.1 Å². The molecule has 16 heavy (non-hydrogen) atoms. The van der Waals surface area contributed by atoms with Crippen molar-refractivity contribution in [1.29, 1.82) is 0 Å². The maximum Gasteiger partial charge on any atom is 0.216 e. The molecule has 1 rings (SSSR count). The molecule has 0 bridgehead atoms. The number of carbonyl (C=O) groups is 1. The molecular weight excluding hydrogens is 273 g/mol. The normalized spacial score (nSPS) is 9.19. The molecule has 84 valence electrons. The van der Waals surface area contributed by atoms with E-state index in [1.54, 1.807) is 12.1 Å². The molecular formula is C12H11BrFNO. The van der Waals surface area contributed by atoms with Crippen molar-refractivity contribution in [2.24, 2.45) is 0 Å². The summed E-state index contributed by atoms with van der Waals surface area (Å²) in [4.78, 5) is 10.6. The first-order valence-electron chi connectivity index (χ1n) is 4.78. The largest absolute Gasteiger partial charge is 0.355 e. The molecule has 0 spiro atoms. The van der Waals surface area contributed by atoms with Crippen molar-refractivity contribution in [2.75, 3.05) is 6.54 Å². The Morgan fingerprint density at radius 1 is 1.56 bits per heavy atom. The molecule has 0 aliphatic rings. The maximum atomic E-state index is 12.9. The van der Waals surface area contributed by atoms with Gasteiger partial charge in [0.2, 0.25) is 5.91 Å². The minimum Gasteiger partial charge on any atom is -0.355 e. The second kappa shape index (κ2) is 6.29. The van der Waals surface area contributed by atoms with Crippen LogP contribution in [0.4, 0.5) is 4.39 Å². The lowest BCUT2D eigenvalue weighted by Gasteiger charge is -1.96. The van der Waals surface area contributed by atoms with Gasteiger partial charge in [0, 0.05) is 25.5 Å². The van der Waals surface area contributed by atoms with Crippen LogP contribution in [0.25, 0.3) is 0 Å². The second-order valence-electron chi connectivity index (χ2n) is 3.16. The van der Waals surface area contributed by atoms with Crippen LogP contribution in [0.3, 0.4) is 0 Å². The van der Waals surface area contributed by atoms with E-state index in [1.165, 1.54) is 13.0 Å². The zero-order chi connectivity index (χ0) is 12.0. The molecule has 0 saturated carbocycles. The Labute approximate surface area is 102 Å². The van der Waals surface area contributed by atoms with E-state index >= 15 is 0 Å². The number of benzene rings is 1. The van der Waals surface area contributed by atoms with Crippen LogP contribution >= 0.6 is 15.9 Å². The topological polar surface area (TPSA) is 29.1 Å². The molecule has 1 amide bonds. The zero-order valence-electron chi connectivity index (χ0n) is 8.81. The highest BCUT2D eigenvalue weighted by Crippen LogP contribution is 2.15.